The number of nitrogens with zero attached hydrogens (tertiary/aromatic N) is 1. The highest BCUT2D eigenvalue weighted by Gasteiger charge is 2.34. The molecule has 1 saturated carbocycles. The van der Waals surface area contributed by atoms with Crippen molar-refractivity contribution in [3.63, 3.8) is 0 Å². The first-order chi connectivity index (χ1) is 5.71. The van der Waals surface area contributed by atoms with Gasteiger partial charge in [0.2, 0.25) is 0 Å². The Hall–Kier alpha value is -0.990. The predicted molar refractivity (Wildman–Crippen MR) is 47.7 cm³/mol. The van der Waals surface area contributed by atoms with E-state index in [9.17, 15) is 0 Å². The number of ether oxygens (including phenoxy) is 1. The van der Waals surface area contributed by atoms with Crippen LogP contribution in [-0.4, -0.2) is 11.6 Å². The van der Waals surface area contributed by atoms with Crippen molar-refractivity contribution in [3.8, 4) is 0 Å². The van der Waals surface area contributed by atoms with Crippen molar-refractivity contribution in [1.29, 1.82) is 0 Å². The zero-order valence-electron chi connectivity index (χ0n) is 7.34. The van der Waals surface area contributed by atoms with E-state index in [0.29, 0.717) is 6.02 Å². The van der Waals surface area contributed by atoms with Crippen molar-refractivity contribution >= 4 is 6.02 Å². The van der Waals surface area contributed by atoms with Crippen molar-refractivity contribution in [1.82, 2.24) is 0 Å². The molecular weight excluding hydrogens is 152 g/mol. The lowest BCUT2D eigenvalue weighted by molar-refractivity contribution is 0.342. The molecule has 0 spiro atoms. The Balaban J connectivity index is 2.29. The van der Waals surface area contributed by atoms with Crippen LogP contribution in [-0.2, 0) is 4.74 Å². The second kappa shape index (κ2) is 2.51. The van der Waals surface area contributed by atoms with E-state index in [4.69, 9.17) is 10.5 Å². The summed E-state index contributed by atoms with van der Waals surface area (Å²) in [5, 5.41) is 0. The van der Waals surface area contributed by atoms with Gasteiger partial charge in [-0.2, -0.15) is 0 Å². The first-order valence-corrected chi connectivity index (χ1v) is 4.42. The van der Waals surface area contributed by atoms with Gasteiger partial charge in [-0.1, -0.05) is 6.42 Å². The van der Waals surface area contributed by atoms with Crippen molar-refractivity contribution in [2.24, 2.45) is 10.7 Å². The molecule has 1 heterocycles. The van der Waals surface area contributed by atoms with Crippen LogP contribution in [0.25, 0.3) is 0 Å². The van der Waals surface area contributed by atoms with Crippen molar-refractivity contribution < 1.29 is 4.74 Å². The van der Waals surface area contributed by atoms with E-state index in [1.165, 1.54) is 18.4 Å². The average Bonchev–Trinajstić information content (AvgIpc) is 2.02. The summed E-state index contributed by atoms with van der Waals surface area (Å²) in [5.74, 6) is 0. The third-order valence-corrected chi connectivity index (χ3v) is 2.73. The predicted octanol–water partition coefficient (Wildman–Crippen LogP) is 1.55. The molecule has 1 aliphatic heterocycles. The Bertz CT molecular complexity index is 257. The average molecular weight is 166 g/mol. The first-order valence-electron chi connectivity index (χ1n) is 4.42. The summed E-state index contributed by atoms with van der Waals surface area (Å²) >= 11 is 0. The molecule has 12 heavy (non-hydrogen) atoms. The monoisotopic (exact) mass is 166 g/mol. The van der Waals surface area contributed by atoms with Gasteiger partial charge < -0.3 is 10.5 Å². The molecule has 0 aromatic rings. The number of amidine groups is 1. The first kappa shape index (κ1) is 7.65. The summed E-state index contributed by atoms with van der Waals surface area (Å²) in [6.07, 6.45) is 6.47. The third kappa shape index (κ3) is 1.09. The molecule has 0 bridgehead atoms. The maximum absolute atomic E-state index is 5.51. The van der Waals surface area contributed by atoms with Crippen LogP contribution in [0.1, 0.15) is 32.6 Å². The molecule has 2 N–H and O–H groups in total. The number of nitrogens with two attached hydrogens (primary N) is 1. The lowest BCUT2D eigenvalue weighted by Gasteiger charge is -2.34. The minimum Gasteiger partial charge on any atom is -0.434 e. The van der Waals surface area contributed by atoms with E-state index < -0.39 is 0 Å². The lowest BCUT2D eigenvalue weighted by Crippen LogP contribution is -2.35. The number of fused-ring (bicyclic) bond motifs is 1. The Kier molecular flexibility index (Phi) is 1.60. The molecule has 1 fully saturated rings. The summed E-state index contributed by atoms with van der Waals surface area (Å²) in [4.78, 5) is 4.34. The van der Waals surface area contributed by atoms with Crippen LogP contribution in [0.2, 0.25) is 0 Å². The SMILES string of the molecule is CC12CCCCC1=COC(N)=N2. The number of hydrogen-bond donors (Lipinski definition) is 1. The molecule has 0 amide bonds. The topological polar surface area (TPSA) is 47.6 Å². The normalized spacial score (nSPS) is 34.4. The van der Waals surface area contributed by atoms with Crippen LogP contribution in [0, 0.1) is 0 Å². The molecule has 1 atom stereocenters. The van der Waals surface area contributed by atoms with Crippen LogP contribution >= 0.6 is 0 Å². The van der Waals surface area contributed by atoms with Gasteiger partial charge in [-0.05, 0) is 31.8 Å². The standard InChI is InChI=1S/C9H14N2O/c1-9-5-3-2-4-7(9)6-12-8(10)11-9/h6H,2-5H2,1H3,(H2,10,11). The summed E-state index contributed by atoms with van der Waals surface area (Å²) < 4.78 is 5.08. The highest BCUT2D eigenvalue weighted by atomic mass is 16.5. The van der Waals surface area contributed by atoms with Crippen LogP contribution < -0.4 is 5.73 Å². The van der Waals surface area contributed by atoms with E-state index in [-0.39, 0.29) is 5.54 Å². The van der Waals surface area contributed by atoms with Gasteiger partial charge in [-0.15, -0.1) is 0 Å². The zero-order valence-corrected chi connectivity index (χ0v) is 7.34. The van der Waals surface area contributed by atoms with Gasteiger partial charge in [0.15, 0.2) is 0 Å². The molecule has 1 aliphatic carbocycles. The van der Waals surface area contributed by atoms with Crippen molar-refractivity contribution in [2.45, 2.75) is 38.1 Å². The van der Waals surface area contributed by atoms with Gasteiger partial charge >= 0.3 is 0 Å². The maximum atomic E-state index is 5.51. The minimum absolute atomic E-state index is 0.0550. The smallest absolute Gasteiger partial charge is 0.287 e. The molecule has 0 aromatic carbocycles. The molecule has 1 unspecified atom stereocenters. The lowest BCUT2D eigenvalue weighted by atomic mass is 9.79. The van der Waals surface area contributed by atoms with Crippen LogP contribution in [0.4, 0.5) is 0 Å². The second-order valence-electron chi connectivity index (χ2n) is 3.69. The molecule has 0 radical (unpaired) electrons. The highest BCUT2D eigenvalue weighted by molar-refractivity contribution is 5.74. The quantitative estimate of drug-likeness (QED) is 0.593. The molecule has 66 valence electrons. The van der Waals surface area contributed by atoms with Crippen LogP contribution in [0.5, 0.6) is 0 Å². The van der Waals surface area contributed by atoms with E-state index in [0.717, 1.165) is 12.8 Å². The third-order valence-electron chi connectivity index (χ3n) is 2.73. The Labute approximate surface area is 72.3 Å². The molecule has 3 heteroatoms. The van der Waals surface area contributed by atoms with E-state index in [1.807, 2.05) is 0 Å². The van der Waals surface area contributed by atoms with Gasteiger partial charge in [0.25, 0.3) is 6.02 Å². The van der Waals surface area contributed by atoms with Gasteiger partial charge in [-0.3, -0.25) is 0 Å². The van der Waals surface area contributed by atoms with Crippen LogP contribution in [0.3, 0.4) is 0 Å². The summed E-state index contributed by atoms with van der Waals surface area (Å²) in [6.45, 7) is 2.13. The Morgan fingerprint density at radius 3 is 3.25 bits per heavy atom. The highest BCUT2D eigenvalue weighted by Crippen LogP contribution is 2.37. The van der Waals surface area contributed by atoms with E-state index in [1.54, 1.807) is 6.26 Å². The Morgan fingerprint density at radius 1 is 1.58 bits per heavy atom. The fraction of sp³-hybridized carbons (Fsp3) is 0.667. The van der Waals surface area contributed by atoms with Crippen molar-refractivity contribution in [3.05, 3.63) is 11.8 Å². The number of hydrogen-bond acceptors (Lipinski definition) is 3. The van der Waals surface area contributed by atoms with Crippen molar-refractivity contribution in [2.75, 3.05) is 0 Å². The summed E-state index contributed by atoms with van der Waals surface area (Å²) in [5.41, 5.74) is 6.75. The summed E-state index contributed by atoms with van der Waals surface area (Å²) in [7, 11) is 0. The van der Waals surface area contributed by atoms with Gasteiger partial charge in [-0.25, -0.2) is 4.99 Å². The van der Waals surface area contributed by atoms with Gasteiger partial charge in [0.05, 0.1) is 11.8 Å². The van der Waals surface area contributed by atoms with Gasteiger partial charge in [0, 0.05) is 0 Å². The summed E-state index contributed by atoms with van der Waals surface area (Å²) in [6, 6.07) is 0.308. The zero-order chi connectivity index (χ0) is 8.60. The molecule has 0 saturated heterocycles. The molecule has 0 aromatic heterocycles. The van der Waals surface area contributed by atoms with Gasteiger partial charge in [0.1, 0.15) is 0 Å². The number of rotatable bonds is 0. The van der Waals surface area contributed by atoms with E-state index >= 15 is 0 Å². The second-order valence-corrected chi connectivity index (χ2v) is 3.69. The fourth-order valence-electron chi connectivity index (χ4n) is 1.93. The van der Waals surface area contributed by atoms with Crippen LogP contribution in [0.15, 0.2) is 16.8 Å². The largest absolute Gasteiger partial charge is 0.434 e. The maximum Gasteiger partial charge on any atom is 0.287 e. The molecule has 2 aliphatic rings. The van der Waals surface area contributed by atoms with E-state index in [2.05, 4.69) is 11.9 Å². The number of aliphatic imine (C=N–C) groups is 1. The Morgan fingerprint density at radius 2 is 2.42 bits per heavy atom. The molecule has 3 nitrogen and oxygen atoms in total. The molecular formula is C9H14N2O. The molecule has 2 rings (SSSR count). The fourth-order valence-corrected chi connectivity index (χ4v) is 1.93. The minimum atomic E-state index is -0.0550.